The maximum absolute atomic E-state index is 12.9. The molecule has 0 amide bonds. The molecule has 14 heavy (non-hydrogen) atoms. The highest BCUT2D eigenvalue weighted by Gasteiger charge is 2.19. The fraction of sp³-hybridized carbons (Fsp3) is 0.125. The summed E-state index contributed by atoms with van der Waals surface area (Å²) in [5.74, 6) is -2.03. The van der Waals surface area contributed by atoms with E-state index in [0.717, 1.165) is 12.1 Å². The average Bonchev–Trinajstić information content (AvgIpc) is 2.10. The van der Waals surface area contributed by atoms with Gasteiger partial charge in [0.1, 0.15) is 11.9 Å². The standard InChI is InChI=1S/C8H6Cl2FNO2/c9-4-2-5(10)6(11)1-3(4)7(12)8(13)14/h1-2,7H,12H2,(H,13,14)/t7-/m1/s1. The molecule has 6 heteroatoms. The molecule has 0 radical (unpaired) electrons. The topological polar surface area (TPSA) is 63.3 Å². The first-order valence-electron chi connectivity index (χ1n) is 3.56. The van der Waals surface area contributed by atoms with Crippen molar-refractivity contribution >= 4 is 29.2 Å². The van der Waals surface area contributed by atoms with E-state index in [9.17, 15) is 9.18 Å². The molecule has 0 saturated carbocycles. The Kier molecular flexibility index (Phi) is 3.31. The van der Waals surface area contributed by atoms with Crippen molar-refractivity contribution in [2.45, 2.75) is 6.04 Å². The third-order valence-corrected chi connectivity index (χ3v) is 2.26. The minimum atomic E-state index is -1.35. The van der Waals surface area contributed by atoms with Crippen LogP contribution in [-0.2, 0) is 4.79 Å². The molecule has 1 aromatic rings. The molecule has 0 aromatic heterocycles. The smallest absolute Gasteiger partial charge is 0.325 e. The summed E-state index contributed by atoms with van der Waals surface area (Å²) in [6.07, 6.45) is 0. The fourth-order valence-electron chi connectivity index (χ4n) is 0.909. The molecule has 0 spiro atoms. The number of carboxylic acid groups (broad SMARTS) is 1. The van der Waals surface area contributed by atoms with E-state index in [1.807, 2.05) is 0 Å². The van der Waals surface area contributed by atoms with E-state index in [-0.39, 0.29) is 15.6 Å². The molecule has 76 valence electrons. The van der Waals surface area contributed by atoms with Crippen LogP contribution in [0.1, 0.15) is 11.6 Å². The van der Waals surface area contributed by atoms with Crippen molar-refractivity contribution in [2.75, 3.05) is 0 Å². The summed E-state index contributed by atoms with van der Waals surface area (Å²) in [5.41, 5.74) is 5.26. The van der Waals surface area contributed by atoms with Crippen molar-refractivity contribution in [3.63, 3.8) is 0 Å². The first kappa shape index (κ1) is 11.2. The summed E-state index contributed by atoms with van der Waals surface area (Å²) >= 11 is 11.1. The van der Waals surface area contributed by atoms with E-state index < -0.39 is 17.8 Å². The summed E-state index contributed by atoms with van der Waals surface area (Å²) in [7, 11) is 0. The average molecular weight is 238 g/mol. The number of carbonyl (C=O) groups is 1. The van der Waals surface area contributed by atoms with Crippen molar-refractivity contribution in [2.24, 2.45) is 5.73 Å². The van der Waals surface area contributed by atoms with E-state index in [0.29, 0.717) is 0 Å². The maximum atomic E-state index is 12.9. The molecule has 0 aliphatic carbocycles. The van der Waals surface area contributed by atoms with Crippen LogP contribution in [0.3, 0.4) is 0 Å². The lowest BCUT2D eigenvalue weighted by molar-refractivity contribution is -0.138. The van der Waals surface area contributed by atoms with Crippen molar-refractivity contribution < 1.29 is 14.3 Å². The van der Waals surface area contributed by atoms with Crippen LogP contribution in [0, 0.1) is 5.82 Å². The Hall–Kier alpha value is -0.840. The number of carboxylic acids is 1. The number of halogens is 3. The number of hydrogen-bond donors (Lipinski definition) is 2. The number of aliphatic carboxylic acids is 1. The van der Waals surface area contributed by atoms with Gasteiger partial charge in [0.25, 0.3) is 0 Å². The third-order valence-electron chi connectivity index (χ3n) is 1.64. The number of nitrogens with two attached hydrogens (primary N) is 1. The van der Waals surface area contributed by atoms with Crippen molar-refractivity contribution in [1.29, 1.82) is 0 Å². The molecule has 0 aliphatic rings. The largest absolute Gasteiger partial charge is 0.480 e. The minimum absolute atomic E-state index is 0.000988. The van der Waals surface area contributed by atoms with Gasteiger partial charge in [-0.1, -0.05) is 23.2 Å². The lowest BCUT2D eigenvalue weighted by atomic mass is 10.1. The third kappa shape index (κ3) is 2.15. The van der Waals surface area contributed by atoms with Crippen LogP contribution in [0.2, 0.25) is 10.0 Å². The molecule has 1 rings (SSSR count). The molecule has 0 fully saturated rings. The van der Waals surface area contributed by atoms with Crippen LogP contribution in [0.5, 0.6) is 0 Å². The number of benzene rings is 1. The summed E-state index contributed by atoms with van der Waals surface area (Å²) < 4.78 is 12.9. The Morgan fingerprint density at radius 2 is 2.00 bits per heavy atom. The fourth-order valence-corrected chi connectivity index (χ4v) is 1.41. The summed E-state index contributed by atoms with van der Waals surface area (Å²) in [6.45, 7) is 0. The van der Waals surface area contributed by atoms with Crippen LogP contribution >= 0.6 is 23.2 Å². The highest BCUT2D eigenvalue weighted by molar-refractivity contribution is 6.35. The molecular weight excluding hydrogens is 232 g/mol. The van der Waals surface area contributed by atoms with Gasteiger partial charge in [-0.05, 0) is 12.1 Å². The molecule has 1 atom stereocenters. The normalized spacial score (nSPS) is 12.6. The Morgan fingerprint density at radius 3 is 2.50 bits per heavy atom. The molecule has 0 saturated heterocycles. The van der Waals surface area contributed by atoms with E-state index in [2.05, 4.69) is 0 Å². The number of rotatable bonds is 2. The molecule has 3 N–H and O–H groups in total. The van der Waals surface area contributed by atoms with Gasteiger partial charge in [0.2, 0.25) is 0 Å². The molecule has 1 aromatic carbocycles. The zero-order chi connectivity index (χ0) is 10.9. The van der Waals surface area contributed by atoms with Gasteiger partial charge in [-0.2, -0.15) is 0 Å². The molecular formula is C8H6Cl2FNO2. The zero-order valence-electron chi connectivity index (χ0n) is 6.80. The second-order valence-electron chi connectivity index (χ2n) is 2.60. The minimum Gasteiger partial charge on any atom is -0.480 e. The van der Waals surface area contributed by atoms with Crippen LogP contribution < -0.4 is 5.73 Å². The van der Waals surface area contributed by atoms with Crippen molar-refractivity contribution in [3.05, 3.63) is 33.6 Å². The van der Waals surface area contributed by atoms with Gasteiger partial charge >= 0.3 is 5.97 Å². The second kappa shape index (κ2) is 4.13. The SMILES string of the molecule is N[C@@H](C(=O)O)c1cc(F)c(Cl)cc1Cl. The Morgan fingerprint density at radius 1 is 1.43 bits per heavy atom. The van der Waals surface area contributed by atoms with Crippen LogP contribution in [0.4, 0.5) is 4.39 Å². The predicted octanol–water partition coefficient (Wildman–Crippen LogP) is 2.22. The van der Waals surface area contributed by atoms with Crippen LogP contribution in [0.25, 0.3) is 0 Å². The van der Waals surface area contributed by atoms with Crippen LogP contribution in [0.15, 0.2) is 12.1 Å². The van der Waals surface area contributed by atoms with E-state index >= 15 is 0 Å². The molecule has 0 aliphatic heterocycles. The van der Waals surface area contributed by atoms with Crippen molar-refractivity contribution in [1.82, 2.24) is 0 Å². The second-order valence-corrected chi connectivity index (χ2v) is 3.42. The van der Waals surface area contributed by atoms with Gasteiger partial charge < -0.3 is 10.8 Å². The van der Waals surface area contributed by atoms with Gasteiger partial charge in [0, 0.05) is 10.6 Å². The van der Waals surface area contributed by atoms with Gasteiger partial charge in [-0.15, -0.1) is 0 Å². The van der Waals surface area contributed by atoms with Crippen molar-refractivity contribution in [3.8, 4) is 0 Å². The maximum Gasteiger partial charge on any atom is 0.325 e. The predicted molar refractivity (Wildman–Crippen MR) is 51.0 cm³/mol. The Balaban J connectivity index is 3.22. The Labute approximate surface area is 89.2 Å². The lowest BCUT2D eigenvalue weighted by Crippen LogP contribution is -2.21. The summed E-state index contributed by atoms with van der Waals surface area (Å²) in [4.78, 5) is 10.5. The first-order chi connectivity index (χ1) is 6.43. The van der Waals surface area contributed by atoms with Gasteiger partial charge in [0.15, 0.2) is 0 Å². The van der Waals surface area contributed by atoms with Crippen LogP contribution in [-0.4, -0.2) is 11.1 Å². The first-order valence-corrected chi connectivity index (χ1v) is 4.32. The summed E-state index contributed by atoms with van der Waals surface area (Å²) in [5, 5.41) is 8.44. The molecule has 0 bridgehead atoms. The van der Waals surface area contributed by atoms with Gasteiger partial charge in [-0.25, -0.2) is 4.39 Å². The van der Waals surface area contributed by atoms with Gasteiger partial charge in [-0.3, -0.25) is 4.79 Å². The van der Waals surface area contributed by atoms with E-state index in [1.165, 1.54) is 0 Å². The lowest BCUT2D eigenvalue weighted by Gasteiger charge is -2.09. The molecule has 3 nitrogen and oxygen atoms in total. The highest BCUT2D eigenvalue weighted by Crippen LogP contribution is 2.27. The molecule has 0 unspecified atom stereocenters. The monoisotopic (exact) mass is 237 g/mol. The zero-order valence-corrected chi connectivity index (χ0v) is 8.31. The molecule has 0 heterocycles. The quantitative estimate of drug-likeness (QED) is 0.776. The Bertz CT molecular complexity index is 384. The summed E-state index contributed by atoms with van der Waals surface area (Å²) in [6, 6.07) is 0.689. The van der Waals surface area contributed by atoms with Gasteiger partial charge in [0.05, 0.1) is 5.02 Å². The van der Waals surface area contributed by atoms with E-state index in [4.69, 9.17) is 34.0 Å². The van der Waals surface area contributed by atoms with E-state index in [1.54, 1.807) is 0 Å². The number of hydrogen-bond acceptors (Lipinski definition) is 2. The highest BCUT2D eigenvalue weighted by atomic mass is 35.5.